The summed E-state index contributed by atoms with van der Waals surface area (Å²) in [4.78, 5) is 2.34. The van der Waals surface area contributed by atoms with Crippen molar-refractivity contribution >= 4 is 11.4 Å². The van der Waals surface area contributed by atoms with Gasteiger partial charge >= 0.3 is 0 Å². The topological polar surface area (TPSA) is 24.5 Å². The molecular formula is C16H28N2O. The van der Waals surface area contributed by atoms with E-state index in [1.165, 1.54) is 12.1 Å². The molecule has 1 aromatic carbocycles. The van der Waals surface area contributed by atoms with Crippen LogP contribution in [0, 0.1) is 0 Å². The first-order chi connectivity index (χ1) is 9.31. The summed E-state index contributed by atoms with van der Waals surface area (Å²) in [6, 6.07) is 8.62. The second-order valence-corrected chi connectivity index (χ2v) is 4.61. The first kappa shape index (κ1) is 15.8. The Hall–Kier alpha value is -1.22. The summed E-state index contributed by atoms with van der Waals surface area (Å²) in [7, 11) is 0. The summed E-state index contributed by atoms with van der Waals surface area (Å²) in [6.45, 7) is 11.2. The van der Waals surface area contributed by atoms with E-state index in [0.717, 1.165) is 45.0 Å². The number of nitrogens with zero attached hydrogens (tertiary/aromatic N) is 1. The molecule has 0 aliphatic rings. The van der Waals surface area contributed by atoms with Gasteiger partial charge in [0.15, 0.2) is 0 Å². The normalized spacial score (nSPS) is 10.5. The highest BCUT2D eigenvalue weighted by Crippen LogP contribution is 2.17. The van der Waals surface area contributed by atoms with Gasteiger partial charge in [0, 0.05) is 37.6 Å². The van der Waals surface area contributed by atoms with Crippen molar-refractivity contribution in [3.05, 3.63) is 24.3 Å². The molecule has 0 radical (unpaired) electrons. The van der Waals surface area contributed by atoms with Gasteiger partial charge in [-0.1, -0.05) is 13.3 Å². The molecule has 0 aliphatic carbocycles. The second-order valence-electron chi connectivity index (χ2n) is 4.61. The third kappa shape index (κ3) is 5.97. The maximum Gasteiger partial charge on any atom is 0.0639 e. The van der Waals surface area contributed by atoms with Gasteiger partial charge in [-0.2, -0.15) is 0 Å². The molecule has 0 aromatic heterocycles. The van der Waals surface area contributed by atoms with Crippen molar-refractivity contribution < 1.29 is 4.74 Å². The van der Waals surface area contributed by atoms with Crippen molar-refractivity contribution in [3.8, 4) is 0 Å². The molecular weight excluding hydrogens is 236 g/mol. The molecule has 1 rings (SSSR count). The maximum absolute atomic E-state index is 5.52. The van der Waals surface area contributed by atoms with Gasteiger partial charge < -0.3 is 15.0 Å². The molecule has 19 heavy (non-hydrogen) atoms. The Morgan fingerprint density at radius 2 is 1.68 bits per heavy atom. The van der Waals surface area contributed by atoms with Gasteiger partial charge in [-0.3, -0.25) is 0 Å². The predicted molar refractivity (Wildman–Crippen MR) is 84.2 cm³/mol. The van der Waals surface area contributed by atoms with E-state index >= 15 is 0 Å². The minimum atomic E-state index is 0.776. The molecule has 108 valence electrons. The molecule has 1 N–H and O–H groups in total. The van der Waals surface area contributed by atoms with E-state index in [4.69, 9.17) is 4.74 Å². The van der Waals surface area contributed by atoms with Gasteiger partial charge in [0.25, 0.3) is 0 Å². The molecule has 0 bridgehead atoms. The highest BCUT2D eigenvalue weighted by Gasteiger charge is 2.00. The van der Waals surface area contributed by atoms with E-state index in [9.17, 15) is 0 Å². The van der Waals surface area contributed by atoms with Crippen LogP contribution in [-0.2, 0) is 4.74 Å². The highest BCUT2D eigenvalue weighted by molar-refractivity contribution is 5.54. The number of ether oxygens (including phenoxy) is 1. The largest absolute Gasteiger partial charge is 0.383 e. The molecule has 0 saturated heterocycles. The standard InChI is InChI=1S/C16H28N2O/c1-4-7-13-19-14-12-17-15-8-10-16(11-9-15)18(5-2)6-3/h8-11,17H,4-7,12-14H2,1-3H3. The molecule has 0 amide bonds. The van der Waals surface area contributed by atoms with Crippen LogP contribution >= 0.6 is 0 Å². The monoisotopic (exact) mass is 264 g/mol. The lowest BCUT2D eigenvalue weighted by Gasteiger charge is -2.21. The zero-order valence-corrected chi connectivity index (χ0v) is 12.6. The average molecular weight is 264 g/mol. The van der Waals surface area contributed by atoms with Crippen LogP contribution in [-0.4, -0.2) is 32.8 Å². The zero-order chi connectivity index (χ0) is 13.9. The van der Waals surface area contributed by atoms with E-state index in [0.29, 0.717) is 0 Å². The van der Waals surface area contributed by atoms with Crippen molar-refractivity contribution in [2.24, 2.45) is 0 Å². The fourth-order valence-electron chi connectivity index (χ4n) is 1.99. The summed E-state index contributed by atoms with van der Waals surface area (Å²) in [6.07, 6.45) is 2.35. The number of benzene rings is 1. The lowest BCUT2D eigenvalue weighted by molar-refractivity contribution is 0.141. The Bertz CT molecular complexity index is 320. The molecule has 0 atom stereocenters. The van der Waals surface area contributed by atoms with E-state index in [1.54, 1.807) is 0 Å². The van der Waals surface area contributed by atoms with Crippen LogP contribution < -0.4 is 10.2 Å². The Labute approximate surface area is 118 Å². The molecule has 0 heterocycles. The number of hydrogen-bond donors (Lipinski definition) is 1. The van der Waals surface area contributed by atoms with Crippen molar-refractivity contribution in [2.75, 3.05) is 43.1 Å². The fraction of sp³-hybridized carbons (Fsp3) is 0.625. The van der Waals surface area contributed by atoms with Crippen LogP contribution in [0.4, 0.5) is 11.4 Å². The third-order valence-corrected chi connectivity index (χ3v) is 3.21. The van der Waals surface area contributed by atoms with Gasteiger partial charge in [0.05, 0.1) is 6.61 Å². The molecule has 1 aromatic rings. The predicted octanol–water partition coefficient (Wildman–Crippen LogP) is 3.76. The van der Waals surface area contributed by atoms with Crippen LogP contribution in [0.5, 0.6) is 0 Å². The Kier molecular flexibility index (Phi) is 8.07. The Morgan fingerprint density at radius 3 is 2.26 bits per heavy atom. The fourth-order valence-corrected chi connectivity index (χ4v) is 1.99. The van der Waals surface area contributed by atoms with E-state index in [-0.39, 0.29) is 0 Å². The number of hydrogen-bond acceptors (Lipinski definition) is 3. The van der Waals surface area contributed by atoms with Crippen LogP contribution in [0.2, 0.25) is 0 Å². The molecule has 3 heteroatoms. The number of nitrogens with one attached hydrogen (secondary N) is 1. The number of rotatable bonds is 10. The van der Waals surface area contributed by atoms with Gasteiger partial charge in [0.2, 0.25) is 0 Å². The third-order valence-electron chi connectivity index (χ3n) is 3.21. The molecule has 3 nitrogen and oxygen atoms in total. The first-order valence-corrected chi connectivity index (χ1v) is 7.48. The molecule has 0 fully saturated rings. The quantitative estimate of drug-likeness (QED) is 0.651. The maximum atomic E-state index is 5.52. The second kappa shape index (κ2) is 9.68. The Morgan fingerprint density at radius 1 is 1.00 bits per heavy atom. The van der Waals surface area contributed by atoms with Gasteiger partial charge in [-0.15, -0.1) is 0 Å². The van der Waals surface area contributed by atoms with Crippen LogP contribution in [0.1, 0.15) is 33.6 Å². The van der Waals surface area contributed by atoms with Gasteiger partial charge in [-0.25, -0.2) is 0 Å². The summed E-state index contributed by atoms with van der Waals surface area (Å²) in [5, 5.41) is 3.38. The van der Waals surface area contributed by atoms with E-state index < -0.39 is 0 Å². The minimum Gasteiger partial charge on any atom is -0.383 e. The molecule has 0 spiro atoms. The van der Waals surface area contributed by atoms with E-state index in [1.807, 2.05) is 0 Å². The average Bonchev–Trinajstić information content (AvgIpc) is 2.45. The van der Waals surface area contributed by atoms with Crippen LogP contribution in [0.3, 0.4) is 0 Å². The lowest BCUT2D eigenvalue weighted by atomic mass is 10.2. The van der Waals surface area contributed by atoms with Crippen molar-refractivity contribution in [1.29, 1.82) is 0 Å². The number of anilines is 2. The summed E-state index contributed by atoms with van der Waals surface area (Å²) in [5.74, 6) is 0. The Balaban J connectivity index is 2.28. The summed E-state index contributed by atoms with van der Waals surface area (Å²) < 4.78 is 5.52. The lowest BCUT2D eigenvalue weighted by Crippen LogP contribution is -2.21. The zero-order valence-electron chi connectivity index (χ0n) is 12.6. The van der Waals surface area contributed by atoms with Crippen molar-refractivity contribution in [3.63, 3.8) is 0 Å². The number of unbranched alkanes of at least 4 members (excludes halogenated alkanes) is 1. The minimum absolute atomic E-state index is 0.776. The van der Waals surface area contributed by atoms with Gasteiger partial charge in [-0.05, 0) is 44.5 Å². The first-order valence-electron chi connectivity index (χ1n) is 7.48. The summed E-state index contributed by atoms with van der Waals surface area (Å²) >= 11 is 0. The summed E-state index contributed by atoms with van der Waals surface area (Å²) in [5.41, 5.74) is 2.45. The van der Waals surface area contributed by atoms with E-state index in [2.05, 4.69) is 55.3 Å². The highest BCUT2D eigenvalue weighted by atomic mass is 16.5. The van der Waals surface area contributed by atoms with Crippen LogP contribution in [0.25, 0.3) is 0 Å². The molecule has 0 saturated carbocycles. The van der Waals surface area contributed by atoms with Crippen LogP contribution in [0.15, 0.2) is 24.3 Å². The van der Waals surface area contributed by atoms with Gasteiger partial charge in [0.1, 0.15) is 0 Å². The van der Waals surface area contributed by atoms with Crippen molar-refractivity contribution in [2.45, 2.75) is 33.6 Å². The molecule has 0 unspecified atom stereocenters. The SMILES string of the molecule is CCCCOCCNc1ccc(N(CC)CC)cc1. The smallest absolute Gasteiger partial charge is 0.0639 e. The molecule has 0 aliphatic heterocycles. The van der Waals surface area contributed by atoms with Crippen molar-refractivity contribution in [1.82, 2.24) is 0 Å².